The van der Waals surface area contributed by atoms with E-state index in [2.05, 4.69) is 14.9 Å². The maximum absolute atomic E-state index is 12.1. The molecule has 1 N–H and O–H groups in total. The molecule has 0 saturated carbocycles. The molecule has 0 aliphatic carbocycles. The van der Waals surface area contributed by atoms with E-state index in [0.717, 1.165) is 5.56 Å². The molecule has 2 aromatic carbocycles. The van der Waals surface area contributed by atoms with Gasteiger partial charge in [0, 0.05) is 12.5 Å². The zero-order valence-corrected chi connectivity index (χ0v) is 18.6. The van der Waals surface area contributed by atoms with Crippen LogP contribution in [0.5, 0.6) is 11.5 Å². The lowest BCUT2D eigenvalue weighted by atomic mass is 10.1. The standard InChI is InChI=1S/C21H23N3O7S/c1-22-32(26,27)16-8-4-14(5-9-16)6-11-20(25)30-13-19-23-21(24-31-19)17-10-7-15(28-2)12-18(17)29-3/h4-5,7-10,12,22H,6,11,13H2,1-3H3. The Bertz CT molecular complexity index is 1170. The smallest absolute Gasteiger partial charge is 0.306 e. The number of rotatable bonds is 10. The number of aryl methyl sites for hydroxylation is 1. The molecule has 3 rings (SSSR count). The molecule has 1 aromatic heterocycles. The molecule has 0 aliphatic rings. The van der Waals surface area contributed by atoms with Crippen molar-refractivity contribution in [1.29, 1.82) is 0 Å². The number of nitrogens with zero attached hydrogens (tertiary/aromatic N) is 2. The van der Waals surface area contributed by atoms with Gasteiger partial charge in [0.25, 0.3) is 5.89 Å². The Labute approximate surface area is 185 Å². The molecular weight excluding hydrogens is 438 g/mol. The lowest BCUT2D eigenvalue weighted by molar-refractivity contribution is -0.145. The van der Waals surface area contributed by atoms with Gasteiger partial charge in [-0.1, -0.05) is 17.3 Å². The van der Waals surface area contributed by atoms with Gasteiger partial charge in [-0.05, 0) is 43.3 Å². The van der Waals surface area contributed by atoms with Gasteiger partial charge in [0.05, 0.1) is 24.7 Å². The average molecular weight is 461 g/mol. The third kappa shape index (κ3) is 5.62. The minimum atomic E-state index is -3.49. The minimum absolute atomic E-state index is 0.116. The number of carbonyl (C=O) groups excluding carboxylic acids is 1. The van der Waals surface area contributed by atoms with Crippen LogP contribution >= 0.6 is 0 Å². The van der Waals surface area contributed by atoms with Crippen LogP contribution in [0.3, 0.4) is 0 Å². The lowest BCUT2D eigenvalue weighted by Gasteiger charge is -2.07. The van der Waals surface area contributed by atoms with Gasteiger partial charge < -0.3 is 18.7 Å². The summed E-state index contributed by atoms with van der Waals surface area (Å²) in [7, 11) is 0.932. The van der Waals surface area contributed by atoms with Gasteiger partial charge in [0.2, 0.25) is 15.8 Å². The van der Waals surface area contributed by atoms with Gasteiger partial charge in [-0.25, -0.2) is 13.1 Å². The molecule has 0 spiro atoms. The highest BCUT2D eigenvalue weighted by atomic mass is 32.2. The van der Waals surface area contributed by atoms with Crippen molar-refractivity contribution in [3.63, 3.8) is 0 Å². The van der Waals surface area contributed by atoms with Crippen molar-refractivity contribution >= 4 is 16.0 Å². The molecule has 0 aliphatic heterocycles. The van der Waals surface area contributed by atoms with E-state index in [1.165, 1.54) is 26.3 Å². The van der Waals surface area contributed by atoms with E-state index in [9.17, 15) is 13.2 Å². The number of ether oxygens (including phenoxy) is 3. The number of hydrogen-bond acceptors (Lipinski definition) is 9. The molecule has 0 amide bonds. The van der Waals surface area contributed by atoms with E-state index >= 15 is 0 Å². The number of hydrogen-bond donors (Lipinski definition) is 1. The van der Waals surface area contributed by atoms with E-state index < -0.39 is 16.0 Å². The first-order valence-corrected chi connectivity index (χ1v) is 11.1. The van der Waals surface area contributed by atoms with Crippen molar-refractivity contribution in [1.82, 2.24) is 14.9 Å². The molecule has 10 nitrogen and oxygen atoms in total. The van der Waals surface area contributed by atoms with Crippen LogP contribution in [-0.2, 0) is 32.6 Å². The summed E-state index contributed by atoms with van der Waals surface area (Å²) in [6.07, 6.45) is 0.516. The van der Waals surface area contributed by atoms with Crippen molar-refractivity contribution < 1.29 is 31.9 Å². The van der Waals surface area contributed by atoms with Crippen LogP contribution in [0.1, 0.15) is 17.9 Å². The molecule has 0 fully saturated rings. The predicted molar refractivity (Wildman–Crippen MR) is 114 cm³/mol. The minimum Gasteiger partial charge on any atom is -0.497 e. The van der Waals surface area contributed by atoms with Crippen LogP contribution in [0.2, 0.25) is 0 Å². The molecule has 0 radical (unpaired) electrons. The van der Waals surface area contributed by atoms with Crippen LogP contribution in [0, 0.1) is 0 Å². The number of methoxy groups -OCH3 is 2. The Hall–Kier alpha value is -3.44. The number of carbonyl (C=O) groups is 1. The van der Waals surface area contributed by atoms with Crippen LogP contribution in [-0.4, -0.2) is 45.8 Å². The number of sulfonamides is 1. The van der Waals surface area contributed by atoms with Crippen molar-refractivity contribution in [3.8, 4) is 22.9 Å². The third-order valence-corrected chi connectivity index (χ3v) is 6.02. The number of esters is 1. The summed E-state index contributed by atoms with van der Waals surface area (Å²) < 4.78 is 46.6. The summed E-state index contributed by atoms with van der Waals surface area (Å²) in [4.78, 5) is 16.5. The summed E-state index contributed by atoms with van der Waals surface area (Å²) in [6, 6.07) is 11.5. The normalized spacial score (nSPS) is 11.2. The molecule has 0 atom stereocenters. The van der Waals surface area contributed by atoms with Gasteiger partial charge in [0.1, 0.15) is 11.5 Å². The summed E-state index contributed by atoms with van der Waals surface area (Å²) >= 11 is 0. The highest BCUT2D eigenvalue weighted by Crippen LogP contribution is 2.31. The summed E-state index contributed by atoms with van der Waals surface area (Å²) in [5, 5.41) is 3.90. The molecule has 0 unspecified atom stereocenters. The zero-order chi connectivity index (χ0) is 23.1. The quantitative estimate of drug-likeness (QED) is 0.452. The maximum atomic E-state index is 12.1. The van der Waals surface area contributed by atoms with Gasteiger partial charge in [-0.2, -0.15) is 4.98 Å². The first kappa shape index (κ1) is 23.2. The third-order valence-electron chi connectivity index (χ3n) is 4.59. The molecule has 32 heavy (non-hydrogen) atoms. The molecule has 1 heterocycles. The zero-order valence-electron chi connectivity index (χ0n) is 17.8. The second-order valence-electron chi connectivity index (χ2n) is 6.59. The first-order valence-electron chi connectivity index (χ1n) is 9.59. The molecule has 11 heteroatoms. The molecule has 170 valence electrons. The fraction of sp³-hybridized carbons (Fsp3) is 0.286. The van der Waals surface area contributed by atoms with E-state index in [0.29, 0.717) is 29.3 Å². The van der Waals surface area contributed by atoms with Crippen molar-refractivity contribution in [2.75, 3.05) is 21.3 Å². The Morgan fingerprint density at radius 3 is 2.50 bits per heavy atom. The van der Waals surface area contributed by atoms with Gasteiger partial charge in [-0.3, -0.25) is 4.79 Å². The van der Waals surface area contributed by atoms with E-state index in [-0.39, 0.29) is 23.8 Å². The van der Waals surface area contributed by atoms with Crippen LogP contribution in [0.25, 0.3) is 11.4 Å². The van der Waals surface area contributed by atoms with Crippen LogP contribution in [0.4, 0.5) is 0 Å². The fourth-order valence-electron chi connectivity index (χ4n) is 2.82. The Morgan fingerprint density at radius 1 is 1.09 bits per heavy atom. The molecule has 0 saturated heterocycles. The molecule has 3 aromatic rings. The Morgan fingerprint density at radius 2 is 1.84 bits per heavy atom. The average Bonchev–Trinajstić information content (AvgIpc) is 3.30. The highest BCUT2D eigenvalue weighted by Gasteiger charge is 2.16. The number of aromatic nitrogens is 2. The summed E-state index contributed by atoms with van der Waals surface area (Å²) in [5.74, 6) is 1.14. The summed E-state index contributed by atoms with van der Waals surface area (Å²) in [6.45, 7) is -0.163. The van der Waals surface area contributed by atoms with Crippen molar-refractivity contribution in [3.05, 3.63) is 53.9 Å². The molecular formula is C21H23N3O7S. The monoisotopic (exact) mass is 461 g/mol. The van der Waals surface area contributed by atoms with Gasteiger partial charge in [0.15, 0.2) is 6.61 Å². The molecule has 0 bridgehead atoms. The number of benzene rings is 2. The fourth-order valence-corrected chi connectivity index (χ4v) is 3.55. The van der Waals surface area contributed by atoms with Crippen LogP contribution < -0.4 is 14.2 Å². The van der Waals surface area contributed by atoms with Crippen molar-refractivity contribution in [2.24, 2.45) is 0 Å². The predicted octanol–water partition coefficient (Wildman–Crippen LogP) is 2.34. The Balaban J connectivity index is 1.53. The second kappa shape index (κ2) is 10.2. The number of nitrogens with one attached hydrogen (secondary N) is 1. The van der Waals surface area contributed by atoms with Crippen molar-refractivity contribution in [2.45, 2.75) is 24.3 Å². The second-order valence-corrected chi connectivity index (χ2v) is 8.48. The lowest BCUT2D eigenvalue weighted by Crippen LogP contribution is -2.18. The maximum Gasteiger partial charge on any atom is 0.306 e. The Kier molecular flexibility index (Phi) is 7.44. The van der Waals surface area contributed by atoms with Gasteiger partial charge in [-0.15, -0.1) is 0 Å². The first-order chi connectivity index (χ1) is 15.4. The van der Waals surface area contributed by atoms with E-state index in [1.807, 2.05) is 0 Å². The topological polar surface area (TPSA) is 130 Å². The van der Waals surface area contributed by atoms with E-state index in [1.54, 1.807) is 37.4 Å². The highest BCUT2D eigenvalue weighted by molar-refractivity contribution is 7.89. The van der Waals surface area contributed by atoms with Crippen LogP contribution in [0.15, 0.2) is 51.9 Å². The van der Waals surface area contributed by atoms with E-state index in [4.69, 9.17) is 18.7 Å². The van der Waals surface area contributed by atoms with Gasteiger partial charge >= 0.3 is 5.97 Å². The largest absolute Gasteiger partial charge is 0.497 e. The SMILES string of the molecule is CNS(=O)(=O)c1ccc(CCC(=O)OCc2nc(-c3ccc(OC)cc3OC)no2)cc1. The summed E-state index contributed by atoms with van der Waals surface area (Å²) in [5.41, 5.74) is 1.42.